The van der Waals surface area contributed by atoms with Gasteiger partial charge in [0, 0.05) is 43.4 Å². The molecule has 0 radical (unpaired) electrons. The van der Waals surface area contributed by atoms with Gasteiger partial charge in [0.1, 0.15) is 11.5 Å². The van der Waals surface area contributed by atoms with Crippen molar-refractivity contribution in [2.45, 2.75) is 0 Å². The molecule has 0 aliphatic carbocycles. The number of aromatic nitrogens is 4. The van der Waals surface area contributed by atoms with E-state index in [2.05, 4.69) is 25.9 Å². The summed E-state index contributed by atoms with van der Waals surface area (Å²) in [6, 6.07) is 2.81. The van der Waals surface area contributed by atoms with Gasteiger partial charge in [0.05, 0.1) is 17.3 Å². The molecule has 0 bridgehead atoms. The van der Waals surface area contributed by atoms with Gasteiger partial charge in [-0.05, 0) is 13.1 Å². The van der Waals surface area contributed by atoms with Crippen molar-refractivity contribution in [2.75, 3.05) is 20.1 Å². The molecule has 120 valence electrons. The second-order valence-electron chi connectivity index (χ2n) is 5.21. The standard InChI is InChI=1S/C15H17FN6O/c1-17-3-4-18-15(23)10-5-11-13(6-12(10)16)20-21-14(11)9-7-19-22(2)8-9/h5-8,17H,3-4H2,1-2H3,(H,18,23)(H,20,21). The van der Waals surface area contributed by atoms with Crippen molar-refractivity contribution in [2.24, 2.45) is 7.05 Å². The van der Waals surface area contributed by atoms with E-state index >= 15 is 0 Å². The number of hydrogen-bond donors (Lipinski definition) is 3. The van der Waals surface area contributed by atoms with Crippen LogP contribution in [-0.2, 0) is 7.05 Å². The van der Waals surface area contributed by atoms with Gasteiger partial charge in [-0.3, -0.25) is 14.6 Å². The Kier molecular flexibility index (Phi) is 4.07. The maximum atomic E-state index is 14.2. The second-order valence-corrected chi connectivity index (χ2v) is 5.21. The van der Waals surface area contributed by atoms with E-state index in [1.54, 1.807) is 25.0 Å². The Labute approximate surface area is 131 Å². The molecule has 1 amide bonds. The summed E-state index contributed by atoms with van der Waals surface area (Å²) in [5.41, 5.74) is 1.97. The molecule has 23 heavy (non-hydrogen) atoms. The molecule has 0 saturated carbocycles. The Balaban J connectivity index is 2.00. The summed E-state index contributed by atoms with van der Waals surface area (Å²) in [6.45, 7) is 1.04. The largest absolute Gasteiger partial charge is 0.351 e. The van der Waals surface area contributed by atoms with Gasteiger partial charge < -0.3 is 10.6 Å². The second kappa shape index (κ2) is 6.17. The molecule has 0 unspecified atom stereocenters. The molecule has 0 aliphatic heterocycles. The van der Waals surface area contributed by atoms with Crippen LogP contribution in [0.2, 0.25) is 0 Å². The highest BCUT2D eigenvalue weighted by atomic mass is 19.1. The number of carbonyl (C=O) groups is 1. The fraction of sp³-hybridized carbons (Fsp3) is 0.267. The number of amides is 1. The van der Waals surface area contributed by atoms with Gasteiger partial charge in [-0.2, -0.15) is 10.2 Å². The summed E-state index contributed by atoms with van der Waals surface area (Å²) < 4.78 is 15.8. The first-order chi connectivity index (χ1) is 11.1. The fourth-order valence-corrected chi connectivity index (χ4v) is 2.37. The van der Waals surface area contributed by atoms with Gasteiger partial charge in [-0.25, -0.2) is 4.39 Å². The van der Waals surface area contributed by atoms with Crippen LogP contribution in [0.15, 0.2) is 24.5 Å². The van der Waals surface area contributed by atoms with E-state index in [9.17, 15) is 9.18 Å². The normalized spacial score (nSPS) is 11.1. The lowest BCUT2D eigenvalue weighted by Crippen LogP contribution is -2.30. The topological polar surface area (TPSA) is 87.6 Å². The number of hydrogen-bond acceptors (Lipinski definition) is 4. The minimum Gasteiger partial charge on any atom is -0.351 e. The van der Waals surface area contributed by atoms with Crippen LogP contribution in [0.25, 0.3) is 22.2 Å². The molecule has 2 heterocycles. The third kappa shape index (κ3) is 2.93. The highest BCUT2D eigenvalue weighted by molar-refractivity contribution is 6.01. The molecule has 2 aromatic heterocycles. The number of nitrogens with one attached hydrogen (secondary N) is 3. The average Bonchev–Trinajstić information content (AvgIpc) is 3.12. The highest BCUT2D eigenvalue weighted by Crippen LogP contribution is 2.27. The lowest BCUT2D eigenvalue weighted by molar-refractivity contribution is 0.0950. The summed E-state index contributed by atoms with van der Waals surface area (Å²) in [7, 11) is 3.59. The molecule has 7 nitrogen and oxygen atoms in total. The molecular weight excluding hydrogens is 299 g/mol. The van der Waals surface area contributed by atoms with Crippen molar-refractivity contribution >= 4 is 16.8 Å². The number of aromatic amines is 1. The molecule has 0 aliphatic rings. The zero-order valence-corrected chi connectivity index (χ0v) is 12.9. The van der Waals surface area contributed by atoms with Gasteiger partial charge in [0.15, 0.2) is 0 Å². The first-order valence-electron chi connectivity index (χ1n) is 7.19. The monoisotopic (exact) mass is 316 g/mol. The van der Waals surface area contributed by atoms with Gasteiger partial charge >= 0.3 is 0 Å². The van der Waals surface area contributed by atoms with Crippen LogP contribution >= 0.6 is 0 Å². The molecule has 3 rings (SSSR count). The van der Waals surface area contributed by atoms with Crippen molar-refractivity contribution in [1.82, 2.24) is 30.6 Å². The lowest BCUT2D eigenvalue weighted by Gasteiger charge is -2.06. The maximum absolute atomic E-state index is 14.2. The predicted molar refractivity (Wildman–Crippen MR) is 84.5 cm³/mol. The Morgan fingerprint density at radius 3 is 2.91 bits per heavy atom. The summed E-state index contributed by atoms with van der Waals surface area (Å²) in [6.07, 6.45) is 3.48. The zero-order valence-electron chi connectivity index (χ0n) is 12.9. The quantitative estimate of drug-likeness (QED) is 0.614. The number of likely N-dealkylation sites (N-methyl/N-ethyl adjacent to an activating group) is 1. The van der Waals surface area contributed by atoms with E-state index < -0.39 is 11.7 Å². The molecule has 0 fully saturated rings. The number of nitrogens with zero attached hydrogens (tertiary/aromatic N) is 3. The van der Waals surface area contributed by atoms with Crippen molar-refractivity contribution in [3.63, 3.8) is 0 Å². The Morgan fingerprint density at radius 2 is 2.22 bits per heavy atom. The first-order valence-corrected chi connectivity index (χ1v) is 7.19. The lowest BCUT2D eigenvalue weighted by atomic mass is 10.1. The highest BCUT2D eigenvalue weighted by Gasteiger charge is 2.17. The van der Waals surface area contributed by atoms with Crippen molar-refractivity contribution < 1.29 is 9.18 Å². The molecule has 0 saturated heterocycles. The van der Waals surface area contributed by atoms with Crippen LogP contribution in [-0.4, -0.2) is 46.0 Å². The van der Waals surface area contributed by atoms with E-state index in [1.807, 2.05) is 6.20 Å². The SMILES string of the molecule is CNCCNC(=O)c1cc2c(-c3cnn(C)c3)n[nH]c2cc1F. The molecule has 0 atom stereocenters. The third-order valence-electron chi connectivity index (χ3n) is 3.53. The summed E-state index contributed by atoms with van der Waals surface area (Å²) in [5.74, 6) is -1.03. The van der Waals surface area contributed by atoms with Gasteiger partial charge in [0.2, 0.25) is 0 Å². The molecular formula is C15H17FN6O. The van der Waals surface area contributed by atoms with Gasteiger partial charge in [0.25, 0.3) is 5.91 Å². The Bertz CT molecular complexity index is 853. The summed E-state index contributed by atoms with van der Waals surface area (Å²) in [4.78, 5) is 12.1. The van der Waals surface area contributed by atoms with Gasteiger partial charge in [-0.15, -0.1) is 0 Å². The van der Waals surface area contributed by atoms with Crippen LogP contribution in [0, 0.1) is 5.82 Å². The van der Waals surface area contributed by atoms with Gasteiger partial charge in [-0.1, -0.05) is 0 Å². The van der Waals surface area contributed by atoms with E-state index in [4.69, 9.17) is 0 Å². The number of H-pyrrole nitrogens is 1. The van der Waals surface area contributed by atoms with Crippen LogP contribution in [0.4, 0.5) is 4.39 Å². The molecule has 3 aromatic rings. The van der Waals surface area contributed by atoms with E-state index in [1.165, 1.54) is 12.1 Å². The molecule has 3 N–H and O–H groups in total. The van der Waals surface area contributed by atoms with Crippen molar-refractivity contribution in [3.05, 3.63) is 35.9 Å². The summed E-state index contributed by atoms with van der Waals surface area (Å²) in [5, 5.41) is 17.4. The number of rotatable bonds is 5. The number of fused-ring (bicyclic) bond motifs is 1. The minimum absolute atomic E-state index is 0.000133. The van der Waals surface area contributed by atoms with Crippen molar-refractivity contribution in [1.29, 1.82) is 0 Å². The van der Waals surface area contributed by atoms with Crippen LogP contribution < -0.4 is 10.6 Å². The number of carbonyl (C=O) groups excluding carboxylic acids is 1. The van der Waals surface area contributed by atoms with Crippen LogP contribution in [0.5, 0.6) is 0 Å². The molecule has 8 heteroatoms. The Hall–Kier alpha value is -2.74. The number of aryl methyl sites for hydroxylation is 1. The first kappa shape index (κ1) is 15.2. The molecule has 0 spiro atoms. The van der Waals surface area contributed by atoms with E-state index in [0.717, 1.165) is 5.56 Å². The Morgan fingerprint density at radius 1 is 1.39 bits per heavy atom. The van der Waals surface area contributed by atoms with Crippen LogP contribution in [0.3, 0.4) is 0 Å². The zero-order chi connectivity index (χ0) is 16.4. The molecule has 1 aromatic carbocycles. The maximum Gasteiger partial charge on any atom is 0.254 e. The minimum atomic E-state index is -0.583. The predicted octanol–water partition coefficient (Wildman–Crippen LogP) is 1.05. The number of benzene rings is 1. The van der Waals surface area contributed by atoms with E-state index in [0.29, 0.717) is 29.7 Å². The van der Waals surface area contributed by atoms with E-state index in [-0.39, 0.29) is 5.56 Å². The fourth-order valence-electron chi connectivity index (χ4n) is 2.37. The average molecular weight is 316 g/mol. The number of halogens is 1. The van der Waals surface area contributed by atoms with Crippen LogP contribution in [0.1, 0.15) is 10.4 Å². The van der Waals surface area contributed by atoms with Crippen molar-refractivity contribution in [3.8, 4) is 11.3 Å². The third-order valence-corrected chi connectivity index (χ3v) is 3.53. The smallest absolute Gasteiger partial charge is 0.254 e. The summed E-state index contributed by atoms with van der Waals surface area (Å²) >= 11 is 0.